The highest BCUT2D eigenvalue weighted by atomic mass is 19.1. The Balaban J connectivity index is 1.62. The molecular weight excluding hydrogens is 277 g/mol. The summed E-state index contributed by atoms with van der Waals surface area (Å²) >= 11 is 0. The van der Waals surface area contributed by atoms with Gasteiger partial charge in [0.05, 0.1) is 6.26 Å². The second-order valence-corrected chi connectivity index (χ2v) is 5.41. The molecule has 3 heteroatoms. The predicted octanol–water partition coefficient (Wildman–Crippen LogP) is 4.72. The minimum absolute atomic E-state index is 0.208. The van der Waals surface area contributed by atoms with Gasteiger partial charge in [0.15, 0.2) is 0 Å². The van der Waals surface area contributed by atoms with Crippen LogP contribution in [0, 0.1) is 5.82 Å². The molecule has 0 aliphatic carbocycles. The molecule has 0 aliphatic heterocycles. The summed E-state index contributed by atoms with van der Waals surface area (Å²) in [4.78, 5) is 2.19. The number of para-hydroxylation sites is 1. The molecule has 0 atom stereocenters. The van der Waals surface area contributed by atoms with Crippen molar-refractivity contribution in [3.05, 3.63) is 77.8 Å². The maximum Gasteiger partial charge on any atom is 0.134 e. The van der Waals surface area contributed by atoms with Crippen LogP contribution in [0.2, 0.25) is 0 Å². The first-order valence-electron chi connectivity index (χ1n) is 7.28. The maximum atomic E-state index is 13.1. The molecule has 0 amide bonds. The van der Waals surface area contributed by atoms with Gasteiger partial charge in [0.1, 0.15) is 11.4 Å². The maximum absolute atomic E-state index is 13.1. The number of hydrogen-bond acceptors (Lipinski definition) is 2. The third-order valence-corrected chi connectivity index (χ3v) is 3.58. The van der Waals surface area contributed by atoms with E-state index in [1.54, 1.807) is 6.07 Å². The standard InChI is InChI=1S/C19H18FNO/c1-21(11-5-7-15-6-4-8-17(20)12-15)13-16-14-22-19-10-3-2-9-18(16)19/h2-10,12,14H,11,13H2,1H3/b7-5+. The minimum Gasteiger partial charge on any atom is -0.464 e. The van der Waals surface area contributed by atoms with Crippen LogP contribution in [0.4, 0.5) is 4.39 Å². The Morgan fingerprint density at radius 1 is 1.14 bits per heavy atom. The van der Waals surface area contributed by atoms with Gasteiger partial charge in [-0.25, -0.2) is 4.39 Å². The summed E-state index contributed by atoms with van der Waals surface area (Å²) in [6.07, 6.45) is 5.79. The summed E-state index contributed by atoms with van der Waals surface area (Å²) in [6.45, 7) is 1.60. The molecule has 22 heavy (non-hydrogen) atoms. The van der Waals surface area contributed by atoms with Crippen LogP contribution >= 0.6 is 0 Å². The summed E-state index contributed by atoms with van der Waals surface area (Å²) in [7, 11) is 2.05. The fourth-order valence-corrected chi connectivity index (χ4v) is 2.49. The molecule has 0 saturated heterocycles. The van der Waals surface area contributed by atoms with Gasteiger partial charge in [0, 0.05) is 24.0 Å². The van der Waals surface area contributed by atoms with Crippen LogP contribution in [-0.4, -0.2) is 18.5 Å². The highest BCUT2D eigenvalue weighted by Crippen LogP contribution is 2.21. The summed E-state index contributed by atoms with van der Waals surface area (Å²) in [5.74, 6) is -0.208. The quantitative estimate of drug-likeness (QED) is 0.677. The Morgan fingerprint density at radius 3 is 2.86 bits per heavy atom. The molecule has 1 heterocycles. The van der Waals surface area contributed by atoms with Crippen molar-refractivity contribution in [1.29, 1.82) is 0 Å². The Morgan fingerprint density at radius 2 is 2.00 bits per heavy atom. The van der Waals surface area contributed by atoms with Gasteiger partial charge in [-0.15, -0.1) is 0 Å². The first-order chi connectivity index (χ1) is 10.7. The molecule has 0 N–H and O–H groups in total. The largest absolute Gasteiger partial charge is 0.464 e. The molecule has 3 rings (SSSR count). The van der Waals surface area contributed by atoms with Crippen LogP contribution in [0.5, 0.6) is 0 Å². The second kappa shape index (κ2) is 6.58. The Kier molecular flexibility index (Phi) is 4.35. The molecular formula is C19H18FNO. The first-order valence-corrected chi connectivity index (χ1v) is 7.28. The van der Waals surface area contributed by atoms with Crippen molar-refractivity contribution in [2.45, 2.75) is 6.54 Å². The lowest BCUT2D eigenvalue weighted by Crippen LogP contribution is -2.17. The summed E-state index contributed by atoms with van der Waals surface area (Å²) in [5.41, 5.74) is 2.97. The van der Waals surface area contributed by atoms with Gasteiger partial charge >= 0.3 is 0 Å². The molecule has 2 nitrogen and oxygen atoms in total. The Hall–Kier alpha value is -2.39. The van der Waals surface area contributed by atoms with Crippen LogP contribution < -0.4 is 0 Å². The van der Waals surface area contributed by atoms with Gasteiger partial charge in [0.25, 0.3) is 0 Å². The zero-order valence-corrected chi connectivity index (χ0v) is 12.5. The van der Waals surface area contributed by atoms with Gasteiger partial charge < -0.3 is 4.42 Å². The normalized spacial score (nSPS) is 11.8. The van der Waals surface area contributed by atoms with E-state index in [1.807, 2.05) is 42.7 Å². The van der Waals surface area contributed by atoms with Gasteiger partial charge in [0.2, 0.25) is 0 Å². The highest BCUT2D eigenvalue weighted by Gasteiger charge is 2.06. The van der Waals surface area contributed by atoms with E-state index in [0.29, 0.717) is 0 Å². The molecule has 0 saturated carbocycles. The number of rotatable bonds is 5. The average Bonchev–Trinajstić information content (AvgIpc) is 2.91. The van der Waals surface area contributed by atoms with E-state index in [4.69, 9.17) is 4.42 Å². The van der Waals surface area contributed by atoms with E-state index in [9.17, 15) is 4.39 Å². The summed E-state index contributed by atoms with van der Waals surface area (Å²) in [6, 6.07) is 14.6. The SMILES string of the molecule is CN(C/C=C/c1cccc(F)c1)Cc1coc2ccccc12. The zero-order valence-electron chi connectivity index (χ0n) is 12.5. The number of hydrogen-bond donors (Lipinski definition) is 0. The number of nitrogens with zero attached hydrogens (tertiary/aromatic N) is 1. The number of fused-ring (bicyclic) bond motifs is 1. The van der Waals surface area contributed by atoms with Crippen molar-refractivity contribution in [3.8, 4) is 0 Å². The molecule has 0 spiro atoms. The second-order valence-electron chi connectivity index (χ2n) is 5.41. The molecule has 1 aromatic heterocycles. The summed E-state index contributed by atoms with van der Waals surface area (Å²) in [5, 5.41) is 1.16. The molecule has 0 bridgehead atoms. The van der Waals surface area contributed by atoms with E-state index in [0.717, 1.165) is 29.6 Å². The van der Waals surface area contributed by atoms with Crippen molar-refractivity contribution < 1.29 is 8.81 Å². The van der Waals surface area contributed by atoms with Crippen LogP contribution in [0.3, 0.4) is 0 Å². The fraction of sp³-hybridized carbons (Fsp3) is 0.158. The van der Waals surface area contributed by atoms with Crippen molar-refractivity contribution >= 4 is 17.0 Å². The average molecular weight is 295 g/mol. The topological polar surface area (TPSA) is 16.4 Å². The molecule has 0 radical (unpaired) electrons. The fourth-order valence-electron chi connectivity index (χ4n) is 2.49. The zero-order chi connectivity index (χ0) is 15.4. The highest BCUT2D eigenvalue weighted by molar-refractivity contribution is 5.80. The summed E-state index contributed by atoms with van der Waals surface area (Å²) < 4.78 is 18.6. The number of benzene rings is 2. The van der Waals surface area contributed by atoms with Gasteiger partial charge in [-0.3, -0.25) is 4.90 Å². The van der Waals surface area contributed by atoms with E-state index in [2.05, 4.69) is 18.0 Å². The van der Waals surface area contributed by atoms with Gasteiger partial charge in [-0.05, 0) is 30.8 Å². The molecule has 0 unspecified atom stereocenters. The first kappa shape index (κ1) is 14.5. The monoisotopic (exact) mass is 295 g/mol. The third-order valence-electron chi connectivity index (χ3n) is 3.58. The smallest absolute Gasteiger partial charge is 0.134 e. The number of likely N-dealkylation sites (N-methyl/N-ethyl adjacent to an activating group) is 1. The van der Waals surface area contributed by atoms with Gasteiger partial charge in [-0.2, -0.15) is 0 Å². The van der Waals surface area contributed by atoms with Crippen molar-refractivity contribution in [2.24, 2.45) is 0 Å². The van der Waals surface area contributed by atoms with E-state index in [1.165, 1.54) is 17.7 Å². The minimum atomic E-state index is -0.208. The van der Waals surface area contributed by atoms with Crippen LogP contribution in [0.1, 0.15) is 11.1 Å². The Labute approximate surface area is 129 Å². The molecule has 3 aromatic rings. The lowest BCUT2D eigenvalue weighted by Gasteiger charge is -2.13. The van der Waals surface area contributed by atoms with Crippen molar-refractivity contribution in [3.63, 3.8) is 0 Å². The van der Waals surface area contributed by atoms with E-state index >= 15 is 0 Å². The van der Waals surface area contributed by atoms with E-state index < -0.39 is 0 Å². The number of halogens is 1. The molecule has 112 valence electrons. The van der Waals surface area contributed by atoms with Crippen molar-refractivity contribution in [1.82, 2.24) is 4.90 Å². The van der Waals surface area contributed by atoms with Crippen LogP contribution in [-0.2, 0) is 6.54 Å². The van der Waals surface area contributed by atoms with E-state index in [-0.39, 0.29) is 5.82 Å². The van der Waals surface area contributed by atoms with Crippen LogP contribution in [0.15, 0.2) is 65.3 Å². The Bertz CT molecular complexity index is 791. The predicted molar refractivity (Wildman–Crippen MR) is 88.0 cm³/mol. The lowest BCUT2D eigenvalue weighted by atomic mass is 10.1. The number of furan rings is 1. The third kappa shape index (κ3) is 3.43. The molecule has 0 fully saturated rings. The van der Waals surface area contributed by atoms with Crippen LogP contribution in [0.25, 0.3) is 17.0 Å². The molecule has 0 aliphatic rings. The lowest BCUT2D eigenvalue weighted by molar-refractivity contribution is 0.363. The van der Waals surface area contributed by atoms with Gasteiger partial charge in [-0.1, -0.05) is 42.5 Å². The van der Waals surface area contributed by atoms with Crippen molar-refractivity contribution in [2.75, 3.05) is 13.6 Å². The molecule has 2 aromatic carbocycles.